The number of pyridine rings is 4. The van der Waals surface area contributed by atoms with Gasteiger partial charge in [-0.1, -0.05) is 36.4 Å². The number of hydrogen-bond acceptors (Lipinski definition) is 6. The molecule has 3 aromatic carbocycles. The summed E-state index contributed by atoms with van der Waals surface area (Å²) < 4.78 is 0. The summed E-state index contributed by atoms with van der Waals surface area (Å²) >= 11 is 0. The number of aliphatic imine (C=N–C) groups is 2. The van der Waals surface area contributed by atoms with Crippen molar-refractivity contribution in [2.75, 3.05) is 0 Å². The van der Waals surface area contributed by atoms with Crippen LogP contribution in [0.1, 0.15) is 22.3 Å². The molecule has 6 heteroatoms. The van der Waals surface area contributed by atoms with Gasteiger partial charge < -0.3 is 0 Å². The lowest BCUT2D eigenvalue weighted by Gasteiger charge is -2.08. The van der Waals surface area contributed by atoms with Crippen LogP contribution in [-0.2, 0) is 12.8 Å². The fourth-order valence-corrected chi connectivity index (χ4v) is 6.31. The Hall–Kier alpha value is -5.36. The molecule has 0 bridgehead atoms. The molecule has 4 aromatic heterocycles. The molecule has 9 rings (SSSR count). The second kappa shape index (κ2) is 8.07. The van der Waals surface area contributed by atoms with Crippen molar-refractivity contribution >= 4 is 66.4 Å². The number of benzene rings is 3. The van der Waals surface area contributed by atoms with Crippen molar-refractivity contribution in [2.45, 2.75) is 12.8 Å². The van der Waals surface area contributed by atoms with Gasteiger partial charge in [0.2, 0.25) is 0 Å². The number of nitrogens with zero attached hydrogens (tertiary/aromatic N) is 6. The molecule has 0 amide bonds. The van der Waals surface area contributed by atoms with Gasteiger partial charge in [0.25, 0.3) is 0 Å². The average Bonchev–Trinajstić information content (AvgIpc) is 3.68. The van der Waals surface area contributed by atoms with Crippen molar-refractivity contribution in [2.24, 2.45) is 9.98 Å². The summed E-state index contributed by atoms with van der Waals surface area (Å²) in [6.07, 6.45) is 8.85. The maximum atomic E-state index is 5.13. The van der Waals surface area contributed by atoms with Gasteiger partial charge in [0.1, 0.15) is 0 Å². The van der Waals surface area contributed by atoms with E-state index in [0.29, 0.717) is 0 Å². The van der Waals surface area contributed by atoms with Gasteiger partial charge in [0.05, 0.1) is 44.9 Å². The highest BCUT2D eigenvalue weighted by Crippen LogP contribution is 2.42. The summed E-state index contributed by atoms with van der Waals surface area (Å²) in [5.74, 6) is 0. The molecule has 40 heavy (non-hydrogen) atoms. The van der Waals surface area contributed by atoms with Crippen LogP contribution in [0.15, 0.2) is 108 Å². The van der Waals surface area contributed by atoms with E-state index in [9.17, 15) is 0 Å². The summed E-state index contributed by atoms with van der Waals surface area (Å²) in [5.41, 5.74) is 12.5. The Morgan fingerprint density at radius 1 is 0.400 bits per heavy atom. The maximum Gasteiger partial charge on any atom is 0.0986 e. The van der Waals surface area contributed by atoms with Gasteiger partial charge in [0.15, 0.2) is 0 Å². The SMILES string of the molecule is c1cnc2c(c1)c1c(c3cccnc32)N=C(c2ccc(C3=Nc4c(c5cccnc5c5ncccc45)C3)cc2)C1. The van der Waals surface area contributed by atoms with Crippen molar-refractivity contribution in [1.82, 2.24) is 19.9 Å². The lowest BCUT2D eigenvalue weighted by molar-refractivity contribution is 1.35. The molecule has 2 aliphatic rings. The van der Waals surface area contributed by atoms with E-state index in [1.165, 1.54) is 11.1 Å². The van der Waals surface area contributed by atoms with Crippen LogP contribution in [-0.4, -0.2) is 31.4 Å². The van der Waals surface area contributed by atoms with Crippen LogP contribution in [0.3, 0.4) is 0 Å². The Balaban J connectivity index is 1.11. The van der Waals surface area contributed by atoms with E-state index in [2.05, 4.69) is 68.5 Å². The normalized spacial score (nSPS) is 14.1. The topological polar surface area (TPSA) is 76.3 Å². The molecule has 0 spiro atoms. The highest BCUT2D eigenvalue weighted by atomic mass is 14.8. The maximum absolute atomic E-state index is 5.13. The number of fused-ring (bicyclic) bond motifs is 12. The fourth-order valence-electron chi connectivity index (χ4n) is 6.31. The first-order valence-corrected chi connectivity index (χ1v) is 13.4. The zero-order valence-electron chi connectivity index (χ0n) is 21.3. The van der Waals surface area contributed by atoms with Gasteiger partial charge >= 0.3 is 0 Å². The zero-order chi connectivity index (χ0) is 26.2. The number of hydrogen-bond donors (Lipinski definition) is 0. The summed E-state index contributed by atoms with van der Waals surface area (Å²) in [4.78, 5) is 28.9. The molecule has 0 fully saturated rings. The van der Waals surface area contributed by atoms with E-state index >= 15 is 0 Å². The Labute approximate surface area is 228 Å². The van der Waals surface area contributed by atoms with Crippen LogP contribution < -0.4 is 0 Å². The quantitative estimate of drug-likeness (QED) is 0.229. The van der Waals surface area contributed by atoms with E-state index in [-0.39, 0.29) is 0 Å². The van der Waals surface area contributed by atoms with Crippen LogP contribution in [0, 0.1) is 0 Å². The van der Waals surface area contributed by atoms with Crippen LogP contribution in [0.5, 0.6) is 0 Å². The first kappa shape index (κ1) is 21.6. The Bertz CT molecular complexity index is 2100. The molecule has 0 unspecified atom stereocenters. The molecule has 7 aromatic rings. The third-order valence-electron chi connectivity index (χ3n) is 8.14. The third kappa shape index (κ3) is 2.98. The van der Waals surface area contributed by atoms with Crippen molar-refractivity contribution in [1.29, 1.82) is 0 Å². The van der Waals surface area contributed by atoms with Crippen LogP contribution >= 0.6 is 0 Å². The lowest BCUT2D eigenvalue weighted by Crippen LogP contribution is -2.04. The highest BCUT2D eigenvalue weighted by Gasteiger charge is 2.25. The van der Waals surface area contributed by atoms with Gasteiger partial charge in [-0.05, 0) is 58.7 Å². The molecule has 0 atom stereocenters. The summed E-state index contributed by atoms with van der Waals surface area (Å²) in [5, 5.41) is 4.36. The van der Waals surface area contributed by atoms with Gasteiger partial charge in [-0.25, -0.2) is 0 Å². The van der Waals surface area contributed by atoms with Crippen molar-refractivity contribution in [3.05, 3.63) is 120 Å². The van der Waals surface area contributed by atoms with Gasteiger partial charge in [0, 0.05) is 59.2 Å². The zero-order valence-corrected chi connectivity index (χ0v) is 21.3. The predicted octanol–water partition coefficient (Wildman–Crippen LogP) is 7.23. The van der Waals surface area contributed by atoms with E-state index in [0.717, 1.165) is 90.4 Å². The van der Waals surface area contributed by atoms with E-state index in [4.69, 9.17) is 9.98 Å². The minimum Gasteiger partial charge on any atom is -0.254 e. The molecule has 0 saturated heterocycles. The Kier molecular flexibility index (Phi) is 4.35. The van der Waals surface area contributed by atoms with Gasteiger partial charge in [-0.15, -0.1) is 0 Å². The first-order valence-electron chi connectivity index (χ1n) is 13.4. The second-order valence-corrected chi connectivity index (χ2v) is 10.3. The van der Waals surface area contributed by atoms with E-state index in [1.807, 2.05) is 49.1 Å². The monoisotopic (exact) mass is 512 g/mol. The molecule has 2 aliphatic heterocycles. The standard InChI is InChI=1S/C34H20N6/c1-5-21-25-17-27(39-29(25)23-7-3-15-37-33(23)31(21)35-13-1)19-9-11-20(12-10-19)28-18-26-22-6-2-14-36-32(22)34-24(30(26)40-28)8-4-16-38-34/h1-16H,17-18H2. The van der Waals surface area contributed by atoms with Gasteiger partial charge in [-0.3, -0.25) is 29.9 Å². The molecular formula is C34H20N6. The number of rotatable bonds is 2. The smallest absolute Gasteiger partial charge is 0.0986 e. The van der Waals surface area contributed by atoms with E-state index in [1.54, 1.807) is 0 Å². The largest absolute Gasteiger partial charge is 0.254 e. The van der Waals surface area contributed by atoms with E-state index < -0.39 is 0 Å². The first-order chi connectivity index (χ1) is 19.8. The number of aromatic nitrogens is 4. The summed E-state index contributed by atoms with van der Waals surface area (Å²) in [6, 6.07) is 25.1. The third-order valence-corrected chi connectivity index (χ3v) is 8.14. The van der Waals surface area contributed by atoms with Crippen LogP contribution in [0.25, 0.3) is 43.6 Å². The molecule has 0 radical (unpaired) electrons. The van der Waals surface area contributed by atoms with Crippen LogP contribution in [0.4, 0.5) is 11.4 Å². The predicted molar refractivity (Wildman–Crippen MR) is 160 cm³/mol. The molecule has 186 valence electrons. The van der Waals surface area contributed by atoms with Gasteiger partial charge in [-0.2, -0.15) is 0 Å². The fraction of sp³-hybridized carbons (Fsp3) is 0.0588. The molecule has 0 aliphatic carbocycles. The average molecular weight is 513 g/mol. The van der Waals surface area contributed by atoms with Crippen molar-refractivity contribution < 1.29 is 0 Å². The Morgan fingerprint density at radius 3 is 1.15 bits per heavy atom. The summed E-state index contributed by atoms with van der Waals surface area (Å²) in [6.45, 7) is 0. The lowest BCUT2D eigenvalue weighted by atomic mass is 9.96. The molecule has 0 saturated carbocycles. The Morgan fingerprint density at radius 2 is 0.750 bits per heavy atom. The highest BCUT2D eigenvalue weighted by molar-refractivity contribution is 6.20. The minimum absolute atomic E-state index is 0.770. The molecule has 0 N–H and O–H groups in total. The van der Waals surface area contributed by atoms with Crippen LogP contribution in [0.2, 0.25) is 0 Å². The molecular weight excluding hydrogens is 492 g/mol. The van der Waals surface area contributed by atoms with Crippen molar-refractivity contribution in [3.8, 4) is 0 Å². The second-order valence-electron chi connectivity index (χ2n) is 10.3. The molecule has 6 nitrogen and oxygen atoms in total. The summed E-state index contributed by atoms with van der Waals surface area (Å²) in [7, 11) is 0. The van der Waals surface area contributed by atoms with Crippen molar-refractivity contribution in [3.63, 3.8) is 0 Å². The minimum atomic E-state index is 0.770. The molecule has 6 heterocycles.